The fourth-order valence-electron chi connectivity index (χ4n) is 2.11. The summed E-state index contributed by atoms with van der Waals surface area (Å²) in [5.74, 6) is -2.84. The number of aryl methyl sites for hydroxylation is 1. The lowest BCUT2D eigenvalue weighted by atomic mass is 10.1. The van der Waals surface area contributed by atoms with Gasteiger partial charge in [0.1, 0.15) is 5.69 Å². The number of esters is 2. The number of carbonyl (C=O) groups is 3. The van der Waals surface area contributed by atoms with Gasteiger partial charge in [-0.2, -0.15) is 0 Å². The third kappa shape index (κ3) is 3.00. The number of benzene rings is 1. The number of H-pyrrole nitrogens is 1. The number of imidazole rings is 1. The van der Waals surface area contributed by atoms with E-state index in [1.165, 1.54) is 6.33 Å². The summed E-state index contributed by atoms with van der Waals surface area (Å²) in [5.41, 5.74) is 1.05. The minimum Gasteiger partial charge on any atom is -0.417 e. The SMILES string of the molecule is Cc1[nH]cnc1/C1=C(/C(=O)c2ccccc2)OC(=O)/C=C\C(=O)O1. The Bertz CT molecular complexity index is 877. The molecule has 0 atom stereocenters. The summed E-state index contributed by atoms with van der Waals surface area (Å²) in [5, 5.41) is 0. The molecule has 0 radical (unpaired) electrons. The van der Waals surface area contributed by atoms with Gasteiger partial charge in [-0.3, -0.25) is 4.79 Å². The summed E-state index contributed by atoms with van der Waals surface area (Å²) in [6.07, 6.45) is 3.20. The molecule has 0 fully saturated rings. The highest BCUT2D eigenvalue weighted by molar-refractivity contribution is 6.13. The predicted molar refractivity (Wildman–Crippen MR) is 82.3 cm³/mol. The number of ketones is 1. The van der Waals surface area contributed by atoms with Gasteiger partial charge in [-0.25, -0.2) is 14.6 Å². The van der Waals surface area contributed by atoms with E-state index < -0.39 is 17.7 Å². The number of aromatic nitrogens is 2. The summed E-state index contributed by atoms with van der Waals surface area (Å²) in [6, 6.07) is 8.22. The van der Waals surface area contributed by atoms with Crippen LogP contribution in [0.4, 0.5) is 0 Å². The van der Waals surface area contributed by atoms with Gasteiger partial charge in [0, 0.05) is 23.4 Å². The first-order valence-electron chi connectivity index (χ1n) is 7.02. The number of hydrogen-bond donors (Lipinski definition) is 1. The van der Waals surface area contributed by atoms with Crippen molar-refractivity contribution in [2.24, 2.45) is 0 Å². The van der Waals surface area contributed by atoms with Crippen LogP contribution >= 0.6 is 0 Å². The van der Waals surface area contributed by atoms with Crippen LogP contribution < -0.4 is 0 Å². The van der Waals surface area contributed by atoms with E-state index in [0.29, 0.717) is 5.69 Å². The maximum atomic E-state index is 12.7. The number of rotatable bonds is 3. The van der Waals surface area contributed by atoms with Crippen LogP contribution in [0.2, 0.25) is 0 Å². The number of aromatic amines is 1. The molecule has 0 amide bonds. The molecule has 0 saturated carbocycles. The first kappa shape index (κ1) is 15.4. The van der Waals surface area contributed by atoms with Crippen molar-refractivity contribution in [3.05, 3.63) is 71.5 Å². The molecule has 120 valence electrons. The van der Waals surface area contributed by atoms with Crippen LogP contribution in [0, 0.1) is 6.92 Å². The van der Waals surface area contributed by atoms with E-state index >= 15 is 0 Å². The summed E-state index contributed by atoms with van der Waals surface area (Å²) in [6.45, 7) is 1.68. The molecule has 1 aliphatic heterocycles. The molecular weight excluding hydrogens is 312 g/mol. The minimum atomic E-state index is -0.850. The normalized spacial score (nSPS) is 19.0. The molecule has 0 unspecified atom stereocenters. The van der Waals surface area contributed by atoms with Crippen molar-refractivity contribution in [1.82, 2.24) is 9.97 Å². The molecule has 1 aliphatic rings. The summed E-state index contributed by atoms with van der Waals surface area (Å²) >= 11 is 0. The molecule has 0 saturated heterocycles. The summed E-state index contributed by atoms with van der Waals surface area (Å²) < 4.78 is 10.3. The molecule has 1 N–H and O–H groups in total. The third-order valence-electron chi connectivity index (χ3n) is 3.25. The quantitative estimate of drug-likeness (QED) is 0.684. The zero-order valence-electron chi connectivity index (χ0n) is 12.6. The Labute approximate surface area is 136 Å². The average molecular weight is 324 g/mol. The van der Waals surface area contributed by atoms with Gasteiger partial charge in [0.2, 0.25) is 17.3 Å². The fourth-order valence-corrected chi connectivity index (χ4v) is 2.11. The minimum absolute atomic E-state index is 0.203. The van der Waals surface area contributed by atoms with Crippen molar-refractivity contribution in [1.29, 1.82) is 0 Å². The topological polar surface area (TPSA) is 98.4 Å². The lowest BCUT2D eigenvalue weighted by Gasteiger charge is -2.14. The number of carbonyl (C=O) groups excluding carboxylic acids is 3. The highest BCUT2D eigenvalue weighted by atomic mass is 16.6. The first-order chi connectivity index (χ1) is 11.6. The standard InChI is InChI=1S/C17H12N2O5/c1-10-14(19-9-18-10)16-17(15(22)11-5-3-2-4-6-11)24-13(21)8-7-12(20)23-16/h2-9H,1H3,(H,18,19)/b8-7-,17-16+. The van der Waals surface area contributed by atoms with Crippen LogP contribution in [0.5, 0.6) is 0 Å². The maximum Gasteiger partial charge on any atom is 0.336 e. The third-order valence-corrected chi connectivity index (χ3v) is 3.25. The smallest absolute Gasteiger partial charge is 0.336 e. The largest absolute Gasteiger partial charge is 0.417 e. The van der Waals surface area contributed by atoms with Crippen LogP contribution in [0.25, 0.3) is 5.76 Å². The second-order valence-electron chi connectivity index (χ2n) is 4.91. The van der Waals surface area contributed by atoms with Crippen LogP contribution in [0.15, 0.2) is 54.6 Å². The Kier molecular flexibility index (Phi) is 4.07. The van der Waals surface area contributed by atoms with Gasteiger partial charge in [0.15, 0.2) is 0 Å². The molecule has 0 aliphatic carbocycles. The van der Waals surface area contributed by atoms with Crippen LogP contribution in [-0.2, 0) is 19.1 Å². The average Bonchev–Trinajstić information content (AvgIpc) is 3.01. The van der Waals surface area contributed by atoms with Gasteiger partial charge >= 0.3 is 11.9 Å². The van der Waals surface area contributed by atoms with E-state index in [1.807, 2.05) is 0 Å². The number of Topliss-reactive ketones (excluding diaryl/α,β-unsaturated/α-hetero) is 1. The van der Waals surface area contributed by atoms with Gasteiger partial charge < -0.3 is 14.5 Å². The second-order valence-corrected chi connectivity index (χ2v) is 4.91. The van der Waals surface area contributed by atoms with Gasteiger partial charge in [0.05, 0.1) is 6.33 Å². The lowest BCUT2D eigenvalue weighted by Crippen LogP contribution is -2.18. The van der Waals surface area contributed by atoms with Crippen molar-refractivity contribution in [3.8, 4) is 0 Å². The first-order valence-corrected chi connectivity index (χ1v) is 7.02. The van der Waals surface area contributed by atoms with E-state index in [1.54, 1.807) is 37.3 Å². The monoisotopic (exact) mass is 324 g/mol. The van der Waals surface area contributed by atoms with Gasteiger partial charge in [0.25, 0.3) is 0 Å². The van der Waals surface area contributed by atoms with Crippen LogP contribution in [0.1, 0.15) is 21.7 Å². The molecule has 2 aromatic rings. The van der Waals surface area contributed by atoms with E-state index in [9.17, 15) is 14.4 Å². The highest BCUT2D eigenvalue weighted by Gasteiger charge is 2.29. The Morgan fingerprint density at radius 1 is 1.04 bits per heavy atom. The number of allylic oxidation sites excluding steroid dienone is 1. The molecule has 2 heterocycles. The van der Waals surface area contributed by atoms with Gasteiger partial charge in [-0.05, 0) is 6.92 Å². The lowest BCUT2D eigenvalue weighted by molar-refractivity contribution is -0.137. The molecule has 7 nitrogen and oxygen atoms in total. The molecule has 0 spiro atoms. The molecule has 3 rings (SSSR count). The molecule has 1 aromatic carbocycles. The molecule has 1 aromatic heterocycles. The molecule has 7 heteroatoms. The highest BCUT2D eigenvalue weighted by Crippen LogP contribution is 2.26. The Morgan fingerprint density at radius 3 is 2.33 bits per heavy atom. The van der Waals surface area contributed by atoms with Gasteiger partial charge in [-0.1, -0.05) is 30.3 Å². The van der Waals surface area contributed by atoms with E-state index in [2.05, 4.69) is 9.97 Å². The second kappa shape index (κ2) is 6.33. The summed E-state index contributed by atoms with van der Waals surface area (Å²) in [7, 11) is 0. The number of nitrogens with zero attached hydrogens (tertiary/aromatic N) is 1. The number of nitrogens with one attached hydrogen (secondary N) is 1. The Hall–Kier alpha value is -3.48. The Balaban J connectivity index is 2.17. The van der Waals surface area contributed by atoms with E-state index in [4.69, 9.17) is 9.47 Å². The van der Waals surface area contributed by atoms with Crippen molar-refractivity contribution < 1.29 is 23.9 Å². The molecule has 24 heavy (non-hydrogen) atoms. The number of ether oxygens (including phenoxy) is 2. The fraction of sp³-hybridized carbons (Fsp3) is 0.0588. The molecular formula is C17H12N2O5. The van der Waals surface area contributed by atoms with Crippen molar-refractivity contribution in [2.45, 2.75) is 6.92 Å². The predicted octanol–water partition coefficient (Wildman–Crippen LogP) is 1.93. The van der Waals surface area contributed by atoms with Gasteiger partial charge in [-0.15, -0.1) is 0 Å². The number of cyclic esters (lactones) is 2. The van der Waals surface area contributed by atoms with Crippen molar-refractivity contribution >= 4 is 23.5 Å². The van der Waals surface area contributed by atoms with Crippen LogP contribution in [-0.4, -0.2) is 27.7 Å². The molecule has 0 bridgehead atoms. The zero-order chi connectivity index (χ0) is 17.1. The zero-order valence-corrected chi connectivity index (χ0v) is 12.6. The van der Waals surface area contributed by atoms with E-state index in [-0.39, 0.29) is 22.8 Å². The summed E-state index contributed by atoms with van der Waals surface area (Å²) in [4.78, 5) is 43.2. The maximum absolute atomic E-state index is 12.7. The van der Waals surface area contributed by atoms with Crippen LogP contribution in [0.3, 0.4) is 0 Å². The van der Waals surface area contributed by atoms with E-state index in [0.717, 1.165) is 12.2 Å². The van der Waals surface area contributed by atoms with Crippen molar-refractivity contribution in [3.63, 3.8) is 0 Å². The number of hydrogen-bond acceptors (Lipinski definition) is 6. The Morgan fingerprint density at radius 2 is 1.71 bits per heavy atom. The van der Waals surface area contributed by atoms with Crippen molar-refractivity contribution in [2.75, 3.05) is 0 Å².